The predicted molar refractivity (Wildman–Crippen MR) is 78.8 cm³/mol. The van der Waals surface area contributed by atoms with E-state index in [0.717, 1.165) is 0 Å². The number of aromatic nitrogens is 2. The Morgan fingerprint density at radius 3 is 2.81 bits per heavy atom. The molecule has 0 amide bonds. The maximum Gasteiger partial charge on any atom is 0.240 e. The van der Waals surface area contributed by atoms with Crippen molar-refractivity contribution < 1.29 is 14.4 Å². The smallest absolute Gasteiger partial charge is 0.240 e. The van der Waals surface area contributed by atoms with Gasteiger partial charge in [0.25, 0.3) is 0 Å². The molecule has 1 saturated carbocycles. The molecular formula is C15H27N3O3. The lowest BCUT2D eigenvalue weighted by atomic mass is 9.76. The second kappa shape index (κ2) is 7.87. The normalized spacial score (nSPS) is 19.6. The Labute approximate surface area is 126 Å². The summed E-state index contributed by atoms with van der Waals surface area (Å²) < 4.78 is 10.2. The summed E-state index contributed by atoms with van der Waals surface area (Å²) in [5.74, 6) is 1.74. The van der Waals surface area contributed by atoms with Gasteiger partial charge in [-0.25, -0.2) is 0 Å². The molecule has 1 aromatic rings. The van der Waals surface area contributed by atoms with Crippen molar-refractivity contribution in [2.45, 2.75) is 57.5 Å². The van der Waals surface area contributed by atoms with Gasteiger partial charge in [-0.1, -0.05) is 24.4 Å². The zero-order valence-corrected chi connectivity index (χ0v) is 13.1. The molecule has 0 unspecified atom stereocenters. The molecule has 0 aromatic carbocycles. The zero-order valence-electron chi connectivity index (χ0n) is 13.1. The maximum absolute atomic E-state index is 9.79. The molecule has 0 bridgehead atoms. The standard InChI is InChI=1S/C15H27N3O3/c1-15(11-19,12-6-4-3-5-7-12)16-10-14-17-13(18-21-14)8-9-20-2/h12,16,19H,3-11H2,1-2H3/t15-/m0/s1. The van der Waals surface area contributed by atoms with Gasteiger partial charge < -0.3 is 19.7 Å². The van der Waals surface area contributed by atoms with Gasteiger partial charge in [0, 0.05) is 19.1 Å². The number of nitrogens with zero attached hydrogens (tertiary/aromatic N) is 2. The number of aliphatic hydroxyl groups is 1. The summed E-state index contributed by atoms with van der Waals surface area (Å²) in [5.41, 5.74) is -0.276. The number of nitrogens with one attached hydrogen (secondary N) is 1. The monoisotopic (exact) mass is 297 g/mol. The Morgan fingerprint density at radius 1 is 1.38 bits per heavy atom. The molecule has 1 atom stereocenters. The molecule has 120 valence electrons. The fourth-order valence-electron chi connectivity index (χ4n) is 3.00. The quantitative estimate of drug-likeness (QED) is 0.760. The van der Waals surface area contributed by atoms with Crippen LogP contribution in [-0.4, -0.2) is 41.1 Å². The molecule has 1 fully saturated rings. The first-order chi connectivity index (χ1) is 10.2. The summed E-state index contributed by atoms with van der Waals surface area (Å²) in [6.07, 6.45) is 6.82. The van der Waals surface area contributed by atoms with Crippen LogP contribution in [-0.2, 0) is 17.7 Å². The van der Waals surface area contributed by atoms with Gasteiger partial charge in [-0.2, -0.15) is 4.98 Å². The third-order valence-electron chi connectivity index (χ3n) is 4.52. The van der Waals surface area contributed by atoms with Crippen molar-refractivity contribution >= 4 is 0 Å². The average Bonchev–Trinajstić information content (AvgIpc) is 2.99. The number of hydrogen-bond acceptors (Lipinski definition) is 6. The van der Waals surface area contributed by atoms with Crippen LogP contribution in [0.2, 0.25) is 0 Å². The van der Waals surface area contributed by atoms with Crippen molar-refractivity contribution in [3.63, 3.8) is 0 Å². The lowest BCUT2D eigenvalue weighted by Gasteiger charge is -2.39. The highest BCUT2D eigenvalue weighted by atomic mass is 16.5. The van der Waals surface area contributed by atoms with E-state index in [4.69, 9.17) is 9.26 Å². The van der Waals surface area contributed by atoms with Crippen LogP contribution < -0.4 is 5.32 Å². The minimum atomic E-state index is -0.276. The van der Waals surface area contributed by atoms with E-state index in [9.17, 15) is 5.11 Å². The van der Waals surface area contributed by atoms with E-state index >= 15 is 0 Å². The van der Waals surface area contributed by atoms with Gasteiger partial charge in [0.05, 0.1) is 19.8 Å². The van der Waals surface area contributed by atoms with E-state index in [1.807, 2.05) is 0 Å². The average molecular weight is 297 g/mol. The number of methoxy groups -OCH3 is 1. The Bertz CT molecular complexity index is 418. The van der Waals surface area contributed by atoms with E-state index in [0.29, 0.717) is 37.2 Å². The van der Waals surface area contributed by atoms with Crippen LogP contribution >= 0.6 is 0 Å². The number of hydrogen-bond donors (Lipinski definition) is 2. The molecule has 0 spiro atoms. The van der Waals surface area contributed by atoms with Crippen molar-refractivity contribution in [2.24, 2.45) is 5.92 Å². The largest absolute Gasteiger partial charge is 0.394 e. The van der Waals surface area contributed by atoms with E-state index < -0.39 is 0 Å². The van der Waals surface area contributed by atoms with Crippen molar-refractivity contribution in [1.29, 1.82) is 0 Å². The minimum absolute atomic E-state index is 0.127. The first-order valence-corrected chi connectivity index (χ1v) is 7.84. The summed E-state index contributed by atoms with van der Waals surface area (Å²) in [4.78, 5) is 4.33. The number of ether oxygens (including phenoxy) is 1. The van der Waals surface area contributed by atoms with Crippen molar-refractivity contribution in [3.05, 3.63) is 11.7 Å². The molecular weight excluding hydrogens is 270 g/mol. The van der Waals surface area contributed by atoms with Crippen LogP contribution in [0.1, 0.15) is 50.7 Å². The van der Waals surface area contributed by atoms with E-state index in [1.54, 1.807) is 7.11 Å². The van der Waals surface area contributed by atoms with Crippen molar-refractivity contribution in [1.82, 2.24) is 15.5 Å². The lowest BCUT2D eigenvalue weighted by Crippen LogP contribution is -2.52. The third-order valence-corrected chi connectivity index (χ3v) is 4.52. The molecule has 0 aliphatic heterocycles. The fourth-order valence-corrected chi connectivity index (χ4v) is 3.00. The Balaban J connectivity index is 1.88. The van der Waals surface area contributed by atoms with Crippen LogP contribution in [0.15, 0.2) is 4.52 Å². The fraction of sp³-hybridized carbons (Fsp3) is 0.867. The first-order valence-electron chi connectivity index (χ1n) is 7.84. The van der Waals surface area contributed by atoms with Crippen LogP contribution in [0.4, 0.5) is 0 Å². The second-order valence-electron chi connectivity index (χ2n) is 6.11. The highest BCUT2D eigenvalue weighted by Gasteiger charge is 2.34. The van der Waals surface area contributed by atoms with Gasteiger partial charge in [-0.05, 0) is 25.7 Å². The SMILES string of the molecule is COCCc1noc(CN[C@@](C)(CO)C2CCCCC2)n1. The summed E-state index contributed by atoms with van der Waals surface area (Å²) >= 11 is 0. The van der Waals surface area contributed by atoms with Gasteiger partial charge in [-0.3, -0.25) is 0 Å². The number of aliphatic hydroxyl groups excluding tert-OH is 1. The maximum atomic E-state index is 9.79. The van der Waals surface area contributed by atoms with Crippen LogP contribution in [0.25, 0.3) is 0 Å². The molecule has 6 nitrogen and oxygen atoms in total. The minimum Gasteiger partial charge on any atom is -0.394 e. The molecule has 1 aliphatic carbocycles. The molecule has 1 aromatic heterocycles. The first kappa shape index (κ1) is 16.4. The molecule has 0 radical (unpaired) electrons. The summed E-state index contributed by atoms with van der Waals surface area (Å²) in [6.45, 7) is 3.30. The summed E-state index contributed by atoms with van der Waals surface area (Å²) in [5, 5.41) is 17.1. The highest BCUT2D eigenvalue weighted by Crippen LogP contribution is 2.32. The van der Waals surface area contributed by atoms with Crippen LogP contribution in [0.5, 0.6) is 0 Å². The molecule has 0 saturated heterocycles. The molecule has 2 rings (SSSR count). The van der Waals surface area contributed by atoms with Gasteiger partial charge >= 0.3 is 0 Å². The number of rotatable bonds is 8. The molecule has 21 heavy (non-hydrogen) atoms. The molecule has 1 aliphatic rings. The lowest BCUT2D eigenvalue weighted by molar-refractivity contribution is 0.0908. The van der Waals surface area contributed by atoms with Gasteiger partial charge in [0.2, 0.25) is 5.89 Å². The Kier molecular flexibility index (Phi) is 6.14. The van der Waals surface area contributed by atoms with Crippen LogP contribution in [0, 0.1) is 5.92 Å². The topological polar surface area (TPSA) is 80.4 Å². The highest BCUT2D eigenvalue weighted by molar-refractivity contribution is 4.94. The molecule has 2 N–H and O–H groups in total. The van der Waals surface area contributed by atoms with Crippen LogP contribution in [0.3, 0.4) is 0 Å². The van der Waals surface area contributed by atoms with Gasteiger partial charge in [-0.15, -0.1) is 0 Å². The van der Waals surface area contributed by atoms with E-state index in [2.05, 4.69) is 22.4 Å². The van der Waals surface area contributed by atoms with Crippen molar-refractivity contribution in [3.8, 4) is 0 Å². The van der Waals surface area contributed by atoms with Crippen molar-refractivity contribution in [2.75, 3.05) is 20.3 Å². The molecule has 6 heteroatoms. The summed E-state index contributed by atoms with van der Waals surface area (Å²) in [6, 6.07) is 0. The third kappa shape index (κ3) is 4.49. The van der Waals surface area contributed by atoms with Gasteiger partial charge in [0.1, 0.15) is 0 Å². The molecule has 1 heterocycles. The Hall–Kier alpha value is -0.980. The van der Waals surface area contributed by atoms with E-state index in [1.165, 1.54) is 32.1 Å². The Morgan fingerprint density at radius 2 is 2.14 bits per heavy atom. The van der Waals surface area contributed by atoms with Gasteiger partial charge in [0.15, 0.2) is 5.82 Å². The van der Waals surface area contributed by atoms with E-state index in [-0.39, 0.29) is 12.1 Å². The predicted octanol–water partition coefficient (Wildman–Crippen LogP) is 1.68. The zero-order chi connectivity index (χ0) is 15.1. The summed E-state index contributed by atoms with van der Waals surface area (Å²) in [7, 11) is 1.65. The second-order valence-corrected chi connectivity index (χ2v) is 6.11.